The summed E-state index contributed by atoms with van der Waals surface area (Å²) in [6.45, 7) is 2.15. The third-order valence-electron chi connectivity index (χ3n) is 3.58. The van der Waals surface area contributed by atoms with Crippen LogP contribution >= 0.6 is 0 Å². The number of benzene rings is 2. The van der Waals surface area contributed by atoms with E-state index < -0.39 is 11.8 Å². The Bertz CT molecular complexity index is 928. The highest BCUT2D eigenvalue weighted by molar-refractivity contribution is 5.92. The highest BCUT2D eigenvalue weighted by atomic mass is 19.1. The van der Waals surface area contributed by atoms with Crippen LogP contribution in [0.25, 0.3) is 22.6 Å². The van der Waals surface area contributed by atoms with E-state index >= 15 is 0 Å². The molecule has 0 spiro atoms. The molecule has 6 heteroatoms. The smallest absolute Gasteiger partial charge is 0.339 e. The molecule has 1 aromatic heterocycles. The minimum absolute atomic E-state index is 0.0467. The van der Waals surface area contributed by atoms with Gasteiger partial charge in [-0.3, -0.25) is 0 Å². The van der Waals surface area contributed by atoms with E-state index in [1.54, 1.807) is 43.3 Å². The predicted octanol–water partition coefficient (Wildman–Crippen LogP) is 4.05. The minimum Gasteiger partial charge on any atom is -0.493 e. The van der Waals surface area contributed by atoms with Gasteiger partial charge in [0.05, 0.1) is 17.9 Å². The van der Waals surface area contributed by atoms with Crippen molar-refractivity contribution in [1.82, 2.24) is 9.97 Å². The van der Waals surface area contributed by atoms with Gasteiger partial charge in [0.25, 0.3) is 0 Å². The van der Waals surface area contributed by atoms with Crippen LogP contribution in [0.5, 0.6) is 5.75 Å². The molecule has 0 amide bonds. The number of ether oxygens (including phenoxy) is 1. The number of carboxylic acids is 1. The first-order chi connectivity index (χ1) is 12.1. The van der Waals surface area contributed by atoms with Crippen molar-refractivity contribution < 1.29 is 19.0 Å². The molecule has 0 saturated heterocycles. The van der Waals surface area contributed by atoms with Crippen molar-refractivity contribution in [2.24, 2.45) is 0 Å². The summed E-state index contributed by atoms with van der Waals surface area (Å²) in [5.41, 5.74) is 1.42. The van der Waals surface area contributed by atoms with E-state index in [-0.39, 0.29) is 17.0 Å². The Balaban J connectivity index is 2.06. The zero-order valence-electron chi connectivity index (χ0n) is 13.4. The van der Waals surface area contributed by atoms with Gasteiger partial charge in [-0.25, -0.2) is 19.2 Å². The SMILES string of the molecule is CCOc1ccc(-c2ccnc(-c3ccccc3F)n2)cc1C(=O)O. The van der Waals surface area contributed by atoms with E-state index in [0.717, 1.165) is 0 Å². The third-order valence-corrected chi connectivity index (χ3v) is 3.58. The Labute approximate surface area is 143 Å². The van der Waals surface area contributed by atoms with Crippen molar-refractivity contribution in [3.8, 4) is 28.4 Å². The molecule has 1 N–H and O–H groups in total. The third kappa shape index (κ3) is 3.47. The van der Waals surface area contributed by atoms with Crippen molar-refractivity contribution in [3.63, 3.8) is 0 Å². The molecule has 0 fully saturated rings. The summed E-state index contributed by atoms with van der Waals surface area (Å²) < 4.78 is 19.3. The fourth-order valence-corrected chi connectivity index (χ4v) is 2.43. The summed E-state index contributed by atoms with van der Waals surface area (Å²) in [5.74, 6) is -0.977. The Hall–Kier alpha value is -3.28. The van der Waals surface area contributed by atoms with Crippen LogP contribution in [0, 0.1) is 5.82 Å². The highest BCUT2D eigenvalue weighted by Gasteiger charge is 2.14. The maximum absolute atomic E-state index is 13.9. The summed E-state index contributed by atoms with van der Waals surface area (Å²) in [6.07, 6.45) is 1.51. The lowest BCUT2D eigenvalue weighted by Crippen LogP contribution is -2.03. The lowest BCUT2D eigenvalue weighted by molar-refractivity contribution is 0.0692. The Morgan fingerprint density at radius 1 is 1.20 bits per heavy atom. The van der Waals surface area contributed by atoms with Gasteiger partial charge in [0.1, 0.15) is 17.1 Å². The molecule has 0 aliphatic heterocycles. The fraction of sp³-hybridized carbons (Fsp3) is 0.105. The predicted molar refractivity (Wildman–Crippen MR) is 91.0 cm³/mol. The summed E-state index contributed by atoms with van der Waals surface area (Å²) in [4.78, 5) is 19.9. The van der Waals surface area contributed by atoms with Crippen LogP contribution in [-0.4, -0.2) is 27.7 Å². The zero-order chi connectivity index (χ0) is 17.8. The Morgan fingerprint density at radius 3 is 2.72 bits per heavy atom. The van der Waals surface area contributed by atoms with Crippen LogP contribution in [0.4, 0.5) is 4.39 Å². The van der Waals surface area contributed by atoms with Crippen molar-refractivity contribution in [1.29, 1.82) is 0 Å². The van der Waals surface area contributed by atoms with Gasteiger partial charge in [0.2, 0.25) is 0 Å². The van der Waals surface area contributed by atoms with Crippen LogP contribution in [0.1, 0.15) is 17.3 Å². The van der Waals surface area contributed by atoms with Crippen LogP contribution in [0.15, 0.2) is 54.7 Å². The molecular weight excluding hydrogens is 323 g/mol. The number of rotatable bonds is 5. The molecule has 0 aliphatic carbocycles. The van der Waals surface area contributed by atoms with Crippen molar-refractivity contribution >= 4 is 5.97 Å². The van der Waals surface area contributed by atoms with Crippen LogP contribution in [0.2, 0.25) is 0 Å². The Kier molecular flexibility index (Phi) is 4.70. The monoisotopic (exact) mass is 338 g/mol. The van der Waals surface area contributed by atoms with Crippen LogP contribution in [-0.2, 0) is 0 Å². The van der Waals surface area contributed by atoms with E-state index in [9.17, 15) is 14.3 Å². The molecular formula is C19H15FN2O3. The number of halogens is 1. The number of aromatic carboxylic acids is 1. The largest absolute Gasteiger partial charge is 0.493 e. The lowest BCUT2D eigenvalue weighted by Gasteiger charge is -2.10. The van der Waals surface area contributed by atoms with E-state index in [4.69, 9.17) is 4.74 Å². The topological polar surface area (TPSA) is 72.3 Å². The minimum atomic E-state index is -1.09. The average Bonchev–Trinajstić information content (AvgIpc) is 2.62. The highest BCUT2D eigenvalue weighted by Crippen LogP contribution is 2.27. The molecule has 3 rings (SSSR count). The molecule has 0 radical (unpaired) electrons. The first-order valence-corrected chi connectivity index (χ1v) is 7.68. The van der Waals surface area contributed by atoms with Gasteiger partial charge in [-0.2, -0.15) is 0 Å². The number of hydrogen-bond acceptors (Lipinski definition) is 4. The lowest BCUT2D eigenvalue weighted by atomic mass is 10.1. The molecule has 0 atom stereocenters. The van der Waals surface area contributed by atoms with Gasteiger partial charge < -0.3 is 9.84 Å². The number of nitrogens with zero attached hydrogens (tertiary/aromatic N) is 2. The molecule has 0 unspecified atom stereocenters. The van der Waals surface area contributed by atoms with Gasteiger partial charge in [-0.1, -0.05) is 12.1 Å². The zero-order valence-corrected chi connectivity index (χ0v) is 13.4. The first kappa shape index (κ1) is 16.6. The van der Waals surface area contributed by atoms with Crippen molar-refractivity contribution in [2.45, 2.75) is 6.92 Å². The van der Waals surface area contributed by atoms with E-state index in [0.29, 0.717) is 23.6 Å². The maximum Gasteiger partial charge on any atom is 0.339 e. The number of aromatic nitrogens is 2. The van der Waals surface area contributed by atoms with Gasteiger partial charge in [-0.15, -0.1) is 0 Å². The van der Waals surface area contributed by atoms with E-state index in [1.165, 1.54) is 18.3 Å². The molecule has 5 nitrogen and oxygen atoms in total. The fourth-order valence-electron chi connectivity index (χ4n) is 2.43. The Morgan fingerprint density at radius 2 is 2.00 bits per heavy atom. The van der Waals surface area contributed by atoms with Crippen LogP contribution < -0.4 is 4.74 Å². The molecule has 1 heterocycles. The van der Waals surface area contributed by atoms with Gasteiger partial charge in [-0.05, 0) is 43.3 Å². The summed E-state index contributed by atoms with van der Waals surface area (Å²) >= 11 is 0. The molecule has 0 bridgehead atoms. The second-order valence-electron chi connectivity index (χ2n) is 5.19. The normalized spacial score (nSPS) is 10.5. The number of hydrogen-bond donors (Lipinski definition) is 1. The van der Waals surface area contributed by atoms with Gasteiger partial charge >= 0.3 is 5.97 Å². The molecule has 0 saturated carbocycles. The standard InChI is InChI=1S/C19H15FN2O3/c1-2-25-17-8-7-12(11-14(17)19(23)24)16-9-10-21-18(22-16)13-5-3-4-6-15(13)20/h3-11H,2H2,1H3,(H,23,24). The van der Waals surface area contributed by atoms with Crippen molar-refractivity contribution in [3.05, 3.63) is 66.1 Å². The molecule has 0 aliphatic rings. The second-order valence-corrected chi connectivity index (χ2v) is 5.19. The molecule has 3 aromatic rings. The molecule has 126 valence electrons. The summed E-state index contributed by atoms with van der Waals surface area (Å²) in [5, 5.41) is 9.37. The quantitative estimate of drug-likeness (QED) is 0.760. The molecule has 25 heavy (non-hydrogen) atoms. The first-order valence-electron chi connectivity index (χ1n) is 7.68. The second kappa shape index (κ2) is 7.09. The van der Waals surface area contributed by atoms with Gasteiger partial charge in [0.15, 0.2) is 5.82 Å². The van der Waals surface area contributed by atoms with Gasteiger partial charge in [0, 0.05) is 11.8 Å². The summed E-state index contributed by atoms with van der Waals surface area (Å²) in [7, 11) is 0. The number of carbonyl (C=O) groups is 1. The van der Waals surface area contributed by atoms with Crippen LogP contribution in [0.3, 0.4) is 0 Å². The van der Waals surface area contributed by atoms with E-state index in [2.05, 4.69) is 9.97 Å². The molecule has 2 aromatic carbocycles. The van der Waals surface area contributed by atoms with E-state index in [1.807, 2.05) is 0 Å². The maximum atomic E-state index is 13.9. The average molecular weight is 338 g/mol. The summed E-state index contributed by atoms with van der Waals surface area (Å²) in [6, 6.07) is 12.7. The van der Waals surface area contributed by atoms with Crippen molar-refractivity contribution in [2.75, 3.05) is 6.61 Å². The number of carboxylic acid groups (broad SMARTS) is 1.